The summed E-state index contributed by atoms with van der Waals surface area (Å²) in [6.07, 6.45) is -13.2. The Labute approximate surface area is 91.2 Å². The molecule has 0 aliphatic rings. The Morgan fingerprint density at radius 2 is 1.65 bits per heavy atom. The molecular formula is C8H6F6N2O. The van der Waals surface area contributed by atoms with Gasteiger partial charge in [-0.25, -0.2) is 0 Å². The second-order valence-electron chi connectivity index (χ2n) is 2.99. The van der Waals surface area contributed by atoms with Gasteiger partial charge in [-0.1, -0.05) is 0 Å². The molecule has 0 fully saturated rings. The van der Waals surface area contributed by atoms with Crippen molar-refractivity contribution >= 4 is 5.69 Å². The molecule has 2 N–H and O–H groups in total. The van der Waals surface area contributed by atoms with E-state index in [2.05, 4.69) is 9.72 Å². The highest BCUT2D eigenvalue weighted by atomic mass is 19.4. The van der Waals surface area contributed by atoms with Gasteiger partial charge in [0.25, 0.3) is 6.10 Å². The Morgan fingerprint density at radius 1 is 1.12 bits per heavy atom. The molecule has 0 unspecified atom stereocenters. The van der Waals surface area contributed by atoms with E-state index in [9.17, 15) is 26.3 Å². The van der Waals surface area contributed by atoms with Crippen molar-refractivity contribution < 1.29 is 31.1 Å². The summed E-state index contributed by atoms with van der Waals surface area (Å²) in [6, 6.07) is 0.819. The highest BCUT2D eigenvalue weighted by molar-refractivity contribution is 5.49. The van der Waals surface area contributed by atoms with Gasteiger partial charge in [0.2, 0.25) is 0 Å². The number of nitrogens with zero attached hydrogens (tertiary/aromatic N) is 1. The molecule has 96 valence electrons. The van der Waals surface area contributed by atoms with Crippen LogP contribution >= 0.6 is 0 Å². The molecule has 17 heavy (non-hydrogen) atoms. The fourth-order valence-electron chi connectivity index (χ4n) is 0.947. The molecule has 0 aliphatic heterocycles. The van der Waals surface area contributed by atoms with Crippen LogP contribution in [0.25, 0.3) is 0 Å². The van der Waals surface area contributed by atoms with Crippen molar-refractivity contribution in [3.8, 4) is 5.75 Å². The van der Waals surface area contributed by atoms with Crippen molar-refractivity contribution in [2.75, 3.05) is 5.73 Å². The van der Waals surface area contributed by atoms with Crippen LogP contribution in [0.2, 0.25) is 0 Å². The average Bonchev–Trinajstić information content (AvgIpc) is 2.12. The van der Waals surface area contributed by atoms with E-state index in [0.717, 1.165) is 18.5 Å². The lowest BCUT2D eigenvalue weighted by Crippen LogP contribution is -2.46. The molecule has 0 saturated heterocycles. The summed E-state index contributed by atoms with van der Waals surface area (Å²) in [7, 11) is 0. The molecule has 0 saturated carbocycles. The maximum atomic E-state index is 12.1. The third kappa shape index (κ3) is 3.40. The van der Waals surface area contributed by atoms with Gasteiger partial charge in [-0.2, -0.15) is 26.3 Å². The van der Waals surface area contributed by atoms with Crippen LogP contribution in [0.1, 0.15) is 0 Å². The van der Waals surface area contributed by atoms with Crippen LogP contribution < -0.4 is 10.5 Å². The van der Waals surface area contributed by atoms with Crippen molar-refractivity contribution in [1.82, 2.24) is 4.98 Å². The Morgan fingerprint density at radius 3 is 2.06 bits per heavy atom. The first-order valence-electron chi connectivity index (χ1n) is 4.12. The molecule has 0 spiro atoms. The summed E-state index contributed by atoms with van der Waals surface area (Å²) in [5.74, 6) is -0.723. The van der Waals surface area contributed by atoms with E-state index in [4.69, 9.17) is 5.73 Å². The van der Waals surface area contributed by atoms with E-state index >= 15 is 0 Å². The van der Waals surface area contributed by atoms with Gasteiger partial charge < -0.3 is 10.5 Å². The maximum Gasteiger partial charge on any atom is 0.434 e. The summed E-state index contributed by atoms with van der Waals surface area (Å²) in [5.41, 5.74) is 4.72. The van der Waals surface area contributed by atoms with Crippen LogP contribution in [0.3, 0.4) is 0 Å². The number of hydrogen-bond donors (Lipinski definition) is 1. The van der Waals surface area contributed by atoms with Crippen LogP contribution in [0.4, 0.5) is 32.0 Å². The van der Waals surface area contributed by atoms with Crippen molar-refractivity contribution in [3.05, 3.63) is 18.5 Å². The number of aromatic nitrogens is 1. The highest BCUT2D eigenvalue weighted by Gasteiger charge is 2.59. The summed E-state index contributed by atoms with van der Waals surface area (Å²) < 4.78 is 76.7. The van der Waals surface area contributed by atoms with Crippen molar-refractivity contribution in [3.63, 3.8) is 0 Å². The predicted octanol–water partition coefficient (Wildman–Crippen LogP) is 2.54. The van der Waals surface area contributed by atoms with Gasteiger partial charge in [-0.3, -0.25) is 4.98 Å². The number of rotatable bonds is 2. The number of pyridine rings is 1. The molecule has 0 aliphatic carbocycles. The molecule has 0 amide bonds. The van der Waals surface area contributed by atoms with E-state index in [0.29, 0.717) is 0 Å². The zero-order chi connectivity index (χ0) is 13.3. The molecular weight excluding hydrogens is 254 g/mol. The highest BCUT2D eigenvalue weighted by Crippen LogP contribution is 2.37. The number of ether oxygens (including phenoxy) is 1. The minimum absolute atomic E-state index is 0.411. The fraction of sp³-hybridized carbons (Fsp3) is 0.375. The minimum Gasteiger partial charge on any atom is -0.469 e. The number of nitrogen functional groups attached to an aromatic ring is 1. The quantitative estimate of drug-likeness (QED) is 0.831. The Hall–Kier alpha value is -1.67. The summed E-state index contributed by atoms with van der Waals surface area (Å²) in [6.45, 7) is 0. The number of halogens is 6. The molecule has 1 aromatic heterocycles. The monoisotopic (exact) mass is 260 g/mol. The number of nitrogens with two attached hydrogens (primary N) is 1. The lowest BCUT2D eigenvalue weighted by Gasteiger charge is -2.24. The maximum absolute atomic E-state index is 12.1. The zero-order valence-corrected chi connectivity index (χ0v) is 8.01. The predicted molar refractivity (Wildman–Crippen MR) is 45.2 cm³/mol. The molecule has 1 rings (SSSR count). The van der Waals surface area contributed by atoms with Gasteiger partial charge in [0.15, 0.2) is 0 Å². The van der Waals surface area contributed by atoms with Crippen LogP contribution in [0.15, 0.2) is 18.5 Å². The molecule has 1 heterocycles. The number of alkyl halides is 6. The van der Waals surface area contributed by atoms with E-state index in [1.807, 2.05) is 0 Å². The lowest BCUT2D eigenvalue weighted by molar-refractivity contribution is -0.299. The average molecular weight is 260 g/mol. The lowest BCUT2D eigenvalue weighted by atomic mass is 10.3. The van der Waals surface area contributed by atoms with Gasteiger partial charge in [-0.05, 0) is 0 Å². The minimum atomic E-state index is -5.58. The summed E-state index contributed by atoms with van der Waals surface area (Å²) >= 11 is 0. The van der Waals surface area contributed by atoms with E-state index in [1.165, 1.54) is 0 Å². The first kappa shape index (κ1) is 13.4. The third-order valence-electron chi connectivity index (χ3n) is 1.65. The van der Waals surface area contributed by atoms with Gasteiger partial charge in [0.05, 0.1) is 11.9 Å². The van der Waals surface area contributed by atoms with Gasteiger partial charge in [-0.15, -0.1) is 0 Å². The smallest absolute Gasteiger partial charge is 0.434 e. The zero-order valence-electron chi connectivity index (χ0n) is 8.01. The van der Waals surface area contributed by atoms with Gasteiger partial charge >= 0.3 is 12.4 Å². The molecule has 9 heteroatoms. The summed E-state index contributed by atoms with van der Waals surface area (Å²) in [4.78, 5) is 3.41. The van der Waals surface area contributed by atoms with E-state index < -0.39 is 29.9 Å². The van der Waals surface area contributed by atoms with Crippen molar-refractivity contribution in [2.24, 2.45) is 0 Å². The molecule has 3 nitrogen and oxygen atoms in total. The van der Waals surface area contributed by atoms with Crippen LogP contribution in [0, 0.1) is 0 Å². The SMILES string of the molecule is Nc1cnccc1OC(C(F)(F)F)C(F)(F)F. The number of anilines is 1. The Bertz CT molecular complexity index is 374. The van der Waals surface area contributed by atoms with Crippen molar-refractivity contribution in [1.29, 1.82) is 0 Å². The fourth-order valence-corrected chi connectivity index (χ4v) is 0.947. The van der Waals surface area contributed by atoms with Crippen LogP contribution in [0.5, 0.6) is 5.75 Å². The van der Waals surface area contributed by atoms with E-state index in [1.54, 1.807) is 0 Å². The first-order chi connectivity index (χ1) is 7.62. The van der Waals surface area contributed by atoms with Crippen molar-refractivity contribution in [2.45, 2.75) is 18.5 Å². The van der Waals surface area contributed by atoms with E-state index in [-0.39, 0.29) is 0 Å². The number of hydrogen-bond acceptors (Lipinski definition) is 3. The molecule has 1 aromatic rings. The summed E-state index contributed by atoms with van der Waals surface area (Å²) in [5, 5.41) is 0. The second kappa shape index (κ2) is 4.30. The van der Waals surface area contributed by atoms with Crippen LogP contribution in [-0.4, -0.2) is 23.4 Å². The Kier molecular flexibility index (Phi) is 3.39. The molecule has 0 atom stereocenters. The van der Waals surface area contributed by atoms with Gasteiger partial charge in [0.1, 0.15) is 5.75 Å². The Balaban J connectivity index is 3.00. The molecule has 0 aromatic carbocycles. The standard InChI is InChI=1S/C8H6F6N2O/c9-7(10,11)6(8(12,13)14)17-5-1-2-16-3-4(5)15/h1-3,6H,15H2. The molecule has 0 bridgehead atoms. The largest absolute Gasteiger partial charge is 0.469 e. The normalized spacial score (nSPS) is 12.9. The third-order valence-corrected chi connectivity index (χ3v) is 1.65. The second-order valence-corrected chi connectivity index (χ2v) is 2.99. The topological polar surface area (TPSA) is 48.1 Å². The van der Waals surface area contributed by atoms with Crippen LogP contribution in [-0.2, 0) is 0 Å². The molecule has 0 radical (unpaired) electrons. The van der Waals surface area contributed by atoms with Gasteiger partial charge in [0, 0.05) is 12.3 Å². The first-order valence-corrected chi connectivity index (χ1v) is 4.12.